The molecule has 0 bridgehead atoms. The van der Waals surface area contributed by atoms with E-state index in [1.54, 1.807) is 18.4 Å². The van der Waals surface area contributed by atoms with Crippen molar-refractivity contribution in [1.29, 1.82) is 0 Å². The number of aromatic amines is 1. The van der Waals surface area contributed by atoms with E-state index in [1.807, 2.05) is 25.1 Å². The number of furan rings is 1. The molecule has 0 aliphatic rings. The zero-order valence-corrected chi connectivity index (χ0v) is 11.8. The SMILES string of the molecule is CN(C)[C@@H](CNC(=O)C(=O)Nc1ccn[nH]1)c1ccco1. The Bertz CT molecular complexity index is 577. The van der Waals surface area contributed by atoms with E-state index in [4.69, 9.17) is 4.42 Å². The van der Waals surface area contributed by atoms with E-state index in [9.17, 15) is 9.59 Å². The van der Waals surface area contributed by atoms with Crippen molar-refractivity contribution in [3.63, 3.8) is 0 Å². The molecule has 0 unspecified atom stereocenters. The van der Waals surface area contributed by atoms with E-state index in [0.717, 1.165) is 0 Å². The number of aromatic nitrogens is 2. The molecule has 8 nitrogen and oxygen atoms in total. The van der Waals surface area contributed by atoms with Crippen molar-refractivity contribution in [2.75, 3.05) is 26.0 Å². The van der Waals surface area contributed by atoms with Gasteiger partial charge in [0.1, 0.15) is 11.6 Å². The van der Waals surface area contributed by atoms with Crippen LogP contribution in [0.4, 0.5) is 5.82 Å². The van der Waals surface area contributed by atoms with E-state index in [0.29, 0.717) is 11.6 Å². The predicted octanol–water partition coefficient (Wildman–Crippen LogP) is 0.360. The quantitative estimate of drug-likeness (QED) is 0.690. The van der Waals surface area contributed by atoms with Crippen LogP contribution in [0, 0.1) is 0 Å². The molecule has 2 aromatic rings. The van der Waals surface area contributed by atoms with Crippen LogP contribution in [0.1, 0.15) is 11.8 Å². The molecular weight excluding hydrogens is 274 g/mol. The van der Waals surface area contributed by atoms with Gasteiger partial charge in [-0.2, -0.15) is 5.10 Å². The summed E-state index contributed by atoms with van der Waals surface area (Å²) in [5.41, 5.74) is 0. The first-order chi connectivity index (χ1) is 10.1. The van der Waals surface area contributed by atoms with Crippen molar-refractivity contribution in [2.45, 2.75) is 6.04 Å². The fraction of sp³-hybridized carbons (Fsp3) is 0.308. The van der Waals surface area contributed by atoms with Crippen LogP contribution in [0.25, 0.3) is 0 Å². The molecule has 2 rings (SSSR count). The highest BCUT2D eigenvalue weighted by Crippen LogP contribution is 2.17. The molecule has 21 heavy (non-hydrogen) atoms. The summed E-state index contributed by atoms with van der Waals surface area (Å²) in [5, 5.41) is 11.2. The predicted molar refractivity (Wildman–Crippen MR) is 75.4 cm³/mol. The summed E-state index contributed by atoms with van der Waals surface area (Å²) in [4.78, 5) is 25.3. The standard InChI is InChI=1S/C13H17N5O3/c1-18(2)9(10-4-3-7-21-10)8-14-12(19)13(20)16-11-5-6-15-17-11/h3-7,9H,8H2,1-2H3,(H,14,19)(H2,15,16,17,20)/t9-/m0/s1. The van der Waals surface area contributed by atoms with Crippen molar-refractivity contribution < 1.29 is 14.0 Å². The molecule has 0 saturated carbocycles. The first kappa shape index (κ1) is 14.8. The number of carbonyl (C=O) groups excluding carboxylic acids is 2. The van der Waals surface area contributed by atoms with Crippen LogP contribution in [-0.4, -0.2) is 47.6 Å². The Morgan fingerprint density at radius 2 is 2.19 bits per heavy atom. The third-order valence-corrected chi connectivity index (χ3v) is 2.91. The number of anilines is 1. The number of rotatable bonds is 5. The fourth-order valence-electron chi connectivity index (χ4n) is 1.79. The molecule has 2 heterocycles. The highest BCUT2D eigenvalue weighted by molar-refractivity contribution is 6.39. The molecule has 112 valence electrons. The minimum atomic E-state index is -0.754. The summed E-state index contributed by atoms with van der Waals surface area (Å²) >= 11 is 0. The lowest BCUT2D eigenvalue weighted by molar-refractivity contribution is -0.136. The number of H-pyrrole nitrogens is 1. The average molecular weight is 291 g/mol. The molecule has 1 atom stereocenters. The third-order valence-electron chi connectivity index (χ3n) is 2.91. The average Bonchev–Trinajstić information content (AvgIpc) is 3.11. The Morgan fingerprint density at radius 3 is 2.76 bits per heavy atom. The molecule has 2 aromatic heterocycles. The zero-order chi connectivity index (χ0) is 15.2. The second-order valence-electron chi connectivity index (χ2n) is 4.63. The summed E-state index contributed by atoms with van der Waals surface area (Å²) in [6.45, 7) is 0.260. The molecule has 0 saturated heterocycles. The van der Waals surface area contributed by atoms with Gasteiger partial charge in [-0.05, 0) is 26.2 Å². The molecule has 0 fully saturated rings. The second kappa shape index (κ2) is 6.71. The van der Waals surface area contributed by atoms with Crippen LogP contribution in [0.3, 0.4) is 0 Å². The zero-order valence-electron chi connectivity index (χ0n) is 11.8. The molecule has 8 heteroatoms. The number of nitrogens with one attached hydrogen (secondary N) is 3. The van der Waals surface area contributed by atoms with E-state index in [1.165, 1.54) is 6.20 Å². The van der Waals surface area contributed by atoms with Gasteiger partial charge >= 0.3 is 11.8 Å². The lowest BCUT2D eigenvalue weighted by Crippen LogP contribution is -2.40. The first-order valence-corrected chi connectivity index (χ1v) is 6.36. The van der Waals surface area contributed by atoms with Crippen molar-refractivity contribution in [3.05, 3.63) is 36.4 Å². The molecule has 0 aliphatic heterocycles. The van der Waals surface area contributed by atoms with Crippen LogP contribution < -0.4 is 10.6 Å². The minimum Gasteiger partial charge on any atom is -0.468 e. The minimum absolute atomic E-state index is 0.149. The Hall–Kier alpha value is -2.61. The van der Waals surface area contributed by atoms with E-state index in [2.05, 4.69) is 20.8 Å². The van der Waals surface area contributed by atoms with Crippen molar-refractivity contribution in [2.24, 2.45) is 0 Å². The highest BCUT2D eigenvalue weighted by Gasteiger charge is 2.20. The number of amides is 2. The molecule has 0 aromatic carbocycles. The van der Waals surface area contributed by atoms with Crippen molar-refractivity contribution in [3.8, 4) is 0 Å². The maximum Gasteiger partial charge on any atom is 0.314 e. The Kier molecular flexibility index (Phi) is 4.72. The number of hydrogen-bond acceptors (Lipinski definition) is 5. The van der Waals surface area contributed by atoms with Crippen molar-refractivity contribution in [1.82, 2.24) is 20.4 Å². The molecule has 2 amide bonds. The number of hydrogen-bond donors (Lipinski definition) is 3. The Labute approximate surface area is 121 Å². The van der Waals surface area contributed by atoms with Crippen LogP contribution in [0.5, 0.6) is 0 Å². The highest BCUT2D eigenvalue weighted by atomic mass is 16.3. The van der Waals surface area contributed by atoms with Crippen molar-refractivity contribution >= 4 is 17.6 Å². The van der Waals surface area contributed by atoms with Gasteiger partial charge in [-0.1, -0.05) is 0 Å². The monoisotopic (exact) mass is 291 g/mol. The summed E-state index contributed by atoms with van der Waals surface area (Å²) in [6, 6.07) is 5.00. The summed E-state index contributed by atoms with van der Waals surface area (Å²) in [5.74, 6) is -0.390. The molecule has 0 spiro atoms. The van der Waals surface area contributed by atoms with Crippen LogP contribution >= 0.6 is 0 Å². The lowest BCUT2D eigenvalue weighted by Gasteiger charge is -2.22. The topological polar surface area (TPSA) is 103 Å². The van der Waals surface area contributed by atoms with Crippen LogP contribution in [0.15, 0.2) is 35.1 Å². The van der Waals surface area contributed by atoms with Gasteiger partial charge in [0.25, 0.3) is 0 Å². The van der Waals surface area contributed by atoms with Crippen LogP contribution in [-0.2, 0) is 9.59 Å². The largest absolute Gasteiger partial charge is 0.468 e. The van der Waals surface area contributed by atoms with E-state index in [-0.39, 0.29) is 12.6 Å². The van der Waals surface area contributed by atoms with Gasteiger partial charge in [0.05, 0.1) is 18.5 Å². The van der Waals surface area contributed by atoms with Gasteiger partial charge < -0.3 is 15.1 Å². The van der Waals surface area contributed by atoms with E-state index >= 15 is 0 Å². The van der Waals surface area contributed by atoms with Gasteiger partial charge in [0.15, 0.2) is 0 Å². The second-order valence-corrected chi connectivity index (χ2v) is 4.63. The normalized spacial score (nSPS) is 12.1. The molecule has 0 radical (unpaired) electrons. The van der Waals surface area contributed by atoms with Crippen LogP contribution in [0.2, 0.25) is 0 Å². The number of likely N-dealkylation sites (N-methyl/N-ethyl adjacent to an activating group) is 1. The first-order valence-electron chi connectivity index (χ1n) is 6.36. The van der Waals surface area contributed by atoms with Gasteiger partial charge in [-0.3, -0.25) is 19.6 Å². The third kappa shape index (κ3) is 3.93. The van der Waals surface area contributed by atoms with Gasteiger partial charge in [0, 0.05) is 12.6 Å². The maximum atomic E-state index is 11.8. The number of carbonyl (C=O) groups is 2. The Morgan fingerprint density at radius 1 is 1.38 bits per heavy atom. The summed E-state index contributed by atoms with van der Waals surface area (Å²) in [7, 11) is 3.73. The van der Waals surface area contributed by atoms with E-state index < -0.39 is 11.8 Å². The smallest absolute Gasteiger partial charge is 0.314 e. The fourth-order valence-corrected chi connectivity index (χ4v) is 1.79. The van der Waals surface area contributed by atoms with Gasteiger partial charge in [0.2, 0.25) is 0 Å². The Balaban J connectivity index is 1.88. The summed E-state index contributed by atoms with van der Waals surface area (Å²) in [6.07, 6.45) is 3.05. The number of nitrogens with zero attached hydrogens (tertiary/aromatic N) is 2. The van der Waals surface area contributed by atoms with Gasteiger partial charge in [-0.15, -0.1) is 0 Å². The van der Waals surface area contributed by atoms with Gasteiger partial charge in [-0.25, -0.2) is 0 Å². The summed E-state index contributed by atoms with van der Waals surface area (Å²) < 4.78 is 5.33. The molecule has 3 N–H and O–H groups in total. The molecular formula is C13H17N5O3. The molecule has 0 aliphatic carbocycles. The maximum absolute atomic E-state index is 11.8. The lowest BCUT2D eigenvalue weighted by atomic mass is 10.2.